The van der Waals surface area contributed by atoms with Gasteiger partial charge in [-0.05, 0) is 40.0 Å². The van der Waals surface area contributed by atoms with Gasteiger partial charge in [0.25, 0.3) is 0 Å². The number of piperidine rings is 1. The van der Waals surface area contributed by atoms with Gasteiger partial charge in [-0.15, -0.1) is 0 Å². The third-order valence-corrected chi connectivity index (χ3v) is 3.66. The van der Waals surface area contributed by atoms with Crippen molar-refractivity contribution < 1.29 is 4.74 Å². The first-order chi connectivity index (χ1) is 8.19. The van der Waals surface area contributed by atoms with Gasteiger partial charge < -0.3 is 15.0 Å². The fourth-order valence-corrected chi connectivity index (χ4v) is 2.53. The predicted octanol–water partition coefficient (Wildman–Crippen LogP) is 0.637. The van der Waals surface area contributed by atoms with Crippen LogP contribution < -0.4 is 5.32 Å². The maximum atomic E-state index is 5.35. The highest BCUT2D eigenvalue weighted by Crippen LogP contribution is 2.16. The molecule has 2 atom stereocenters. The highest BCUT2D eigenvalue weighted by Gasteiger charge is 2.26. The number of hydrogen-bond acceptors (Lipinski definition) is 4. The van der Waals surface area contributed by atoms with E-state index in [9.17, 15) is 0 Å². The van der Waals surface area contributed by atoms with Crippen LogP contribution in [0, 0.1) is 0 Å². The number of ether oxygens (including phenoxy) is 1. The van der Waals surface area contributed by atoms with Crippen molar-refractivity contribution in [2.75, 3.05) is 54.0 Å². The minimum Gasteiger partial charge on any atom is -0.383 e. The zero-order chi connectivity index (χ0) is 12.7. The smallest absolute Gasteiger partial charge is 0.0630 e. The largest absolute Gasteiger partial charge is 0.383 e. The van der Waals surface area contributed by atoms with Crippen molar-refractivity contribution in [2.45, 2.75) is 31.8 Å². The second-order valence-corrected chi connectivity index (χ2v) is 5.17. The minimum absolute atomic E-state index is 0.516. The second kappa shape index (κ2) is 8.03. The molecule has 1 saturated heterocycles. The molecule has 1 fully saturated rings. The fraction of sp³-hybridized carbons (Fsp3) is 1.00. The molecular weight excluding hydrogens is 214 g/mol. The molecule has 4 nitrogen and oxygen atoms in total. The van der Waals surface area contributed by atoms with Gasteiger partial charge in [0.2, 0.25) is 0 Å². The van der Waals surface area contributed by atoms with Crippen LogP contribution in [0.3, 0.4) is 0 Å². The summed E-state index contributed by atoms with van der Waals surface area (Å²) in [6.07, 6.45) is 2.62. The summed E-state index contributed by atoms with van der Waals surface area (Å²) < 4.78 is 5.35. The molecule has 17 heavy (non-hydrogen) atoms. The molecule has 0 radical (unpaired) electrons. The van der Waals surface area contributed by atoms with Gasteiger partial charge in [-0.25, -0.2) is 0 Å². The van der Waals surface area contributed by atoms with Crippen LogP contribution in [0.25, 0.3) is 0 Å². The maximum Gasteiger partial charge on any atom is 0.0630 e. The van der Waals surface area contributed by atoms with Crippen LogP contribution in [0.1, 0.15) is 19.8 Å². The van der Waals surface area contributed by atoms with Crippen molar-refractivity contribution in [3.05, 3.63) is 0 Å². The summed E-state index contributed by atoms with van der Waals surface area (Å²) in [4.78, 5) is 4.93. The SMILES string of the molecule is CCNCC(COC)N1CCCC(N(C)C)C1. The van der Waals surface area contributed by atoms with E-state index in [1.807, 2.05) is 0 Å². The molecule has 1 heterocycles. The Bertz CT molecular complexity index is 199. The van der Waals surface area contributed by atoms with E-state index in [0.29, 0.717) is 12.1 Å². The number of rotatable bonds is 7. The van der Waals surface area contributed by atoms with Crippen LogP contribution in [0.15, 0.2) is 0 Å². The van der Waals surface area contributed by atoms with Gasteiger partial charge >= 0.3 is 0 Å². The van der Waals surface area contributed by atoms with Gasteiger partial charge in [-0.1, -0.05) is 6.92 Å². The number of likely N-dealkylation sites (tertiary alicyclic amines) is 1. The van der Waals surface area contributed by atoms with E-state index in [2.05, 4.69) is 36.1 Å². The Labute approximate surface area is 106 Å². The lowest BCUT2D eigenvalue weighted by Crippen LogP contribution is -2.53. The van der Waals surface area contributed by atoms with Crippen LogP contribution >= 0.6 is 0 Å². The van der Waals surface area contributed by atoms with E-state index in [0.717, 1.165) is 19.7 Å². The highest BCUT2D eigenvalue weighted by atomic mass is 16.5. The van der Waals surface area contributed by atoms with E-state index < -0.39 is 0 Å². The molecule has 1 N–H and O–H groups in total. The van der Waals surface area contributed by atoms with Gasteiger partial charge in [0.05, 0.1) is 6.61 Å². The fourth-order valence-electron chi connectivity index (χ4n) is 2.53. The zero-order valence-corrected chi connectivity index (χ0v) is 11.9. The van der Waals surface area contributed by atoms with Crippen molar-refractivity contribution in [1.82, 2.24) is 15.1 Å². The number of nitrogens with one attached hydrogen (secondary N) is 1. The van der Waals surface area contributed by atoms with Crippen molar-refractivity contribution in [2.24, 2.45) is 0 Å². The first-order valence-electron chi connectivity index (χ1n) is 6.79. The van der Waals surface area contributed by atoms with Crippen LogP contribution in [-0.2, 0) is 4.74 Å². The van der Waals surface area contributed by atoms with Crippen LogP contribution in [0.5, 0.6) is 0 Å². The quantitative estimate of drug-likeness (QED) is 0.710. The molecule has 0 aromatic heterocycles. The van der Waals surface area contributed by atoms with Crippen LogP contribution in [0.2, 0.25) is 0 Å². The Balaban J connectivity index is 2.47. The molecule has 0 amide bonds. The lowest BCUT2D eigenvalue weighted by atomic mass is 10.0. The molecule has 0 saturated carbocycles. The summed E-state index contributed by atoms with van der Waals surface area (Å²) in [5.41, 5.74) is 0. The van der Waals surface area contributed by atoms with Gasteiger partial charge in [0, 0.05) is 32.3 Å². The normalized spacial score (nSPS) is 24.2. The summed E-state index contributed by atoms with van der Waals surface area (Å²) in [5.74, 6) is 0. The van der Waals surface area contributed by atoms with E-state index in [4.69, 9.17) is 4.74 Å². The van der Waals surface area contributed by atoms with E-state index in [-0.39, 0.29) is 0 Å². The van der Waals surface area contributed by atoms with Crippen molar-refractivity contribution in [3.63, 3.8) is 0 Å². The zero-order valence-electron chi connectivity index (χ0n) is 11.9. The molecule has 1 aliphatic heterocycles. The number of methoxy groups -OCH3 is 1. The Morgan fingerprint density at radius 1 is 1.47 bits per heavy atom. The highest BCUT2D eigenvalue weighted by molar-refractivity contribution is 4.83. The summed E-state index contributed by atoms with van der Waals surface area (Å²) in [5, 5.41) is 3.44. The molecule has 0 aromatic carbocycles. The second-order valence-electron chi connectivity index (χ2n) is 5.17. The molecule has 1 aliphatic rings. The maximum absolute atomic E-state index is 5.35. The Hall–Kier alpha value is -0.160. The number of nitrogens with zero attached hydrogens (tertiary/aromatic N) is 2. The molecule has 0 spiro atoms. The Kier molecular flexibility index (Phi) is 7.04. The van der Waals surface area contributed by atoms with Gasteiger partial charge in [-0.2, -0.15) is 0 Å². The third-order valence-electron chi connectivity index (χ3n) is 3.66. The van der Waals surface area contributed by atoms with Crippen molar-refractivity contribution in [3.8, 4) is 0 Å². The van der Waals surface area contributed by atoms with Gasteiger partial charge in [0.15, 0.2) is 0 Å². The van der Waals surface area contributed by atoms with E-state index >= 15 is 0 Å². The van der Waals surface area contributed by atoms with Crippen LogP contribution in [-0.4, -0.2) is 75.9 Å². The average Bonchev–Trinajstić information content (AvgIpc) is 2.34. The summed E-state index contributed by atoms with van der Waals surface area (Å²) in [6.45, 7) is 7.43. The minimum atomic E-state index is 0.516. The Morgan fingerprint density at radius 2 is 2.24 bits per heavy atom. The molecule has 0 aromatic rings. The summed E-state index contributed by atoms with van der Waals surface area (Å²) >= 11 is 0. The van der Waals surface area contributed by atoms with Crippen molar-refractivity contribution in [1.29, 1.82) is 0 Å². The molecule has 4 heteroatoms. The molecule has 1 rings (SSSR count). The van der Waals surface area contributed by atoms with E-state index in [1.165, 1.54) is 25.9 Å². The topological polar surface area (TPSA) is 27.7 Å². The summed E-state index contributed by atoms with van der Waals surface area (Å²) in [6, 6.07) is 1.22. The first kappa shape index (κ1) is 14.9. The van der Waals surface area contributed by atoms with Crippen molar-refractivity contribution >= 4 is 0 Å². The van der Waals surface area contributed by atoms with Crippen LogP contribution in [0.4, 0.5) is 0 Å². The first-order valence-corrected chi connectivity index (χ1v) is 6.79. The van der Waals surface area contributed by atoms with Gasteiger partial charge in [0.1, 0.15) is 0 Å². The standard InChI is InChI=1S/C13H29N3O/c1-5-14-9-13(11-17-4)16-8-6-7-12(10-16)15(2)3/h12-14H,5-11H2,1-4H3. The summed E-state index contributed by atoms with van der Waals surface area (Å²) in [7, 11) is 6.17. The number of hydrogen-bond donors (Lipinski definition) is 1. The predicted molar refractivity (Wildman–Crippen MR) is 72.5 cm³/mol. The molecule has 2 unspecified atom stereocenters. The number of likely N-dealkylation sites (N-methyl/N-ethyl adjacent to an activating group) is 2. The van der Waals surface area contributed by atoms with E-state index in [1.54, 1.807) is 7.11 Å². The third kappa shape index (κ3) is 4.92. The average molecular weight is 243 g/mol. The Morgan fingerprint density at radius 3 is 2.82 bits per heavy atom. The molecule has 0 bridgehead atoms. The molecular formula is C13H29N3O. The monoisotopic (exact) mass is 243 g/mol. The van der Waals surface area contributed by atoms with Gasteiger partial charge in [-0.3, -0.25) is 4.90 Å². The molecule has 102 valence electrons. The lowest BCUT2D eigenvalue weighted by Gasteiger charge is -2.40. The lowest BCUT2D eigenvalue weighted by molar-refractivity contribution is 0.0490. The molecule has 0 aliphatic carbocycles.